The SMILES string of the molecule is Nc1cc(F)c(N2CCCC(CCO)C2)c2ncccc12. The zero-order chi connectivity index (χ0) is 14.8. The highest BCUT2D eigenvalue weighted by Crippen LogP contribution is 2.35. The number of aliphatic hydroxyl groups excluding tert-OH is 1. The van der Waals surface area contributed by atoms with Crippen molar-refractivity contribution in [2.24, 2.45) is 5.92 Å². The molecule has 0 radical (unpaired) electrons. The molecule has 3 rings (SSSR count). The van der Waals surface area contributed by atoms with Gasteiger partial charge in [0.25, 0.3) is 0 Å². The molecule has 1 aliphatic heterocycles. The molecule has 1 aromatic heterocycles. The predicted molar refractivity (Wildman–Crippen MR) is 82.8 cm³/mol. The zero-order valence-electron chi connectivity index (χ0n) is 11.9. The largest absolute Gasteiger partial charge is 0.398 e. The van der Waals surface area contributed by atoms with Crippen LogP contribution in [-0.2, 0) is 0 Å². The molecule has 21 heavy (non-hydrogen) atoms. The first-order valence-electron chi connectivity index (χ1n) is 7.39. The lowest BCUT2D eigenvalue weighted by molar-refractivity contribution is 0.244. The number of benzene rings is 1. The van der Waals surface area contributed by atoms with E-state index < -0.39 is 0 Å². The predicted octanol–water partition coefficient (Wildman–Crippen LogP) is 2.55. The first kappa shape index (κ1) is 14.1. The van der Waals surface area contributed by atoms with Gasteiger partial charge in [0.2, 0.25) is 0 Å². The normalized spacial score (nSPS) is 19.1. The first-order valence-corrected chi connectivity index (χ1v) is 7.39. The molecule has 0 spiro atoms. The van der Waals surface area contributed by atoms with Gasteiger partial charge in [-0.3, -0.25) is 4.98 Å². The summed E-state index contributed by atoms with van der Waals surface area (Å²) >= 11 is 0. The number of hydrogen-bond acceptors (Lipinski definition) is 4. The van der Waals surface area contributed by atoms with Crippen LogP contribution in [0, 0.1) is 11.7 Å². The van der Waals surface area contributed by atoms with E-state index in [1.54, 1.807) is 6.20 Å². The van der Waals surface area contributed by atoms with Crippen molar-refractivity contribution in [2.75, 3.05) is 30.3 Å². The van der Waals surface area contributed by atoms with Crippen LogP contribution in [0.25, 0.3) is 10.9 Å². The summed E-state index contributed by atoms with van der Waals surface area (Å²) in [5.74, 6) is 0.0859. The molecule has 5 heteroatoms. The summed E-state index contributed by atoms with van der Waals surface area (Å²) < 4.78 is 14.5. The van der Waals surface area contributed by atoms with E-state index in [9.17, 15) is 4.39 Å². The first-order chi connectivity index (χ1) is 10.2. The van der Waals surface area contributed by atoms with Gasteiger partial charge in [0.05, 0.1) is 11.2 Å². The highest BCUT2D eigenvalue weighted by Gasteiger charge is 2.24. The molecule has 1 saturated heterocycles. The average molecular weight is 289 g/mol. The molecule has 4 nitrogen and oxygen atoms in total. The number of aromatic nitrogens is 1. The monoisotopic (exact) mass is 289 g/mol. The van der Waals surface area contributed by atoms with Crippen LogP contribution in [0.3, 0.4) is 0 Å². The Hall–Kier alpha value is -1.88. The van der Waals surface area contributed by atoms with Crippen molar-refractivity contribution in [3.8, 4) is 0 Å². The van der Waals surface area contributed by atoms with Crippen LogP contribution in [-0.4, -0.2) is 29.8 Å². The molecule has 1 aromatic carbocycles. The van der Waals surface area contributed by atoms with Gasteiger partial charge in [0.1, 0.15) is 0 Å². The molecular formula is C16H20FN3O. The molecular weight excluding hydrogens is 269 g/mol. The maximum absolute atomic E-state index is 14.5. The minimum absolute atomic E-state index is 0.182. The fourth-order valence-corrected chi connectivity index (χ4v) is 3.21. The van der Waals surface area contributed by atoms with Crippen LogP contribution in [0.4, 0.5) is 15.8 Å². The third kappa shape index (κ3) is 2.65. The number of pyridine rings is 1. The molecule has 0 bridgehead atoms. The Kier molecular flexibility index (Phi) is 3.92. The van der Waals surface area contributed by atoms with Gasteiger partial charge in [0, 0.05) is 37.0 Å². The van der Waals surface area contributed by atoms with E-state index in [0.717, 1.165) is 37.7 Å². The van der Waals surface area contributed by atoms with Crippen molar-refractivity contribution in [3.63, 3.8) is 0 Å². The van der Waals surface area contributed by atoms with E-state index >= 15 is 0 Å². The van der Waals surface area contributed by atoms with Gasteiger partial charge < -0.3 is 15.7 Å². The van der Waals surface area contributed by atoms with Gasteiger partial charge in [0.15, 0.2) is 5.82 Å². The van der Waals surface area contributed by atoms with Crippen LogP contribution in [0.15, 0.2) is 24.4 Å². The van der Waals surface area contributed by atoms with Crippen molar-refractivity contribution >= 4 is 22.3 Å². The Morgan fingerprint density at radius 2 is 2.33 bits per heavy atom. The Labute approximate surface area is 123 Å². The molecule has 0 amide bonds. The number of aliphatic hydroxyl groups is 1. The smallest absolute Gasteiger partial charge is 0.150 e. The van der Waals surface area contributed by atoms with Crippen LogP contribution in [0.2, 0.25) is 0 Å². The summed E-state index contributed by atoms with van der Waals surface area (Å²) in [6, 6.07) is 5.07. The molecule has 0 saturated carbocycles. The molecule has 1 fully saturated rings. The zero-order valence-corrected chi connectivity index (χ0v) is 11.9. The van der Waals surface area contributed by atoms with Crippen molar-refractivity contribution in [3.05, 3.63) is 30.2 Å². The minimum atomic E-state index is -0.316. The Balaban J connectivity index is 2.03. The van der Waals surface area contributed by atoms with E-state index in [4.69, 9.17) is 10.8 Å². The van der Waals surface area contributed by atoms with Gasteiger partial charge >= 0.3 is 0 Å². The number of hydrogen-bond donors (Lipinski definition) is 2. The number of anilines is 2. The van der Waals surface area contributed by atoms with E-state index in [-0.39, 0.29) is 12.4 Å². The summed E-state index contributed by atoms with van der Waals surface area (Å²) in [5.41, 5.74) is 7.49. The van der Waals surface area contributed by atoms with Gasteiger partial charge in [-0.15, -0.1) is 0 Å². The van der Waals surface area contributed by atoms with Crippen molar-refractivity contribution in [1.29, 1.82) is 0 Å². The highest BCUT2D eigenvalue weighted by molar-refractivity contribution is 5.98. The molecule has 3 N–H and O–H groups in total. The number of nitrogens with two attached hydrogens (primary N) is 1. The summed E-state index contributed by atoms with van der Waals surface area (Å²) in [4.78, 5) is 6.39. The number of fused-ring (bicyclic) bond motifs is 1. The second kappa shape index (κ2) is 5.85. The Bertz CT molecular complexity index is 645. The van der Waals surface area contributed by atoms with Gasteiger partial charge in [-0.25, -0.2) is 4.39 Å². The Morgan fingerprint density at radius 3 is 3.14 bits per heavy atom. The van der Waals surface area contributed by atoms with Gasteiger partial charge in [-0.05, 0) is 43.4 Å². The van der Waals surface area contributed by atoms with Crippen molar-refractivity contribution in [2.45, 2.75) is 19.3 Å². The third-order valence-electron chi connectivity index (χ3n) is 4.22. The van der Waals surface area contributed by atoms with Gasteiger partial charge in [-0.1, -0.05) is 0 Å². The molecule has 1 atom stereocenters. The third-order valence-corrected chi connectivity index (χ3v) is 4.22. The van der Waals surface area contributed by atoms with Crippen LogP contribution in [0.1, 0.15) is 19.3 Å². The number of nitrogens with zero attached hydrogens (tertiary/aromatic N) is 2. The van der Waals surface area contributed by atoms with Crippen LogP contribution >= 0.6 is 0 Å². The lowest BCUT2D eigenvalue weighted by Gasteiger charge is -2.35. The standard InChI is InChI=1S/C16H20FN3O/c17-13-9-14(18)12-4-1-6-19-15(12)16(13)20-7-2-3-11(10-20)5-8-21/h1,4,6,9,11,21H,2-3,5,7-8,10,18H2. The van der Waals surface area contributed by atoms with Crippen LogP contribution in [0.5, 0.6) is 0 Å². The van der Waals surface area contributed by atoms with Crippen LogP contribution < -0.4 is 10.6 Å². The van der Waals surface area contributed by atoms with E-state index in [2.05, 4.69) is 4.98 Å². The summed E-state index contributed by atoms with van der Waals surface area (Å²) in [6.45, 7) is 1.75. The number of rotatable bonds is 3. The van der Waals surface area contributed by atoms with E-state index in [0.29, 0.717) is 22.8 Å². The molecule has 2 aromatic rings. The minimum Gasteiger partial charge on any atom is -0.398 e. The average Bonchev–Trinajstić information content (AvgIpc) is 2.48. The number of piperidine rings is 1. The second-order valence-electron chi connectivity index (χ2n) is 5.66. The molecule has 1 unspecified atom stereocenters. The fourth-order valence-electron chi connectivity index (χ4n) is 3.21. The quantitative estimate of drug-likeness (QED) is 0.852. The summed E-state index contributed by atoms with van der Waals surface area (Å²) in [6.07, 6.45) is 4.51. The molecule has 112 valence electrons. The highest BCUT2D eigenvalue weighted by atomic mass is 19.1. The Morgan fingerprint density at radius 1 is 1.48 bits per heavy atom. The van der Waals surface area contributed by atoms with E-state index in [1.807, 2.05) is 17.0 Å². The molecule has 2 heterocycles. The topological polar surface area (TPSA) is 62.4 Å². The van der Waals surface area contributed by atoms with E-state index in [1.165, 1.54) is 6.07 Å². The molecule has 1 aliphatic rings. The van der Waals surface area contributed by atoms with Crippen molar-refractivity contribution < 1.29 is 9.50 Å². The lowest BCUT2D eigenvalue weighted by Crippen LogP contribution is -2.36. The fraction of sp³-hybridized carbons (Fsp3) is 0.438. The van der Waals surface area contributed by atoms with Gasteiger partial charge in [-0.2, -0.15) is 0 Å². The number of halogens is 1. The maximum atomic E-state index is 14.5. The summed E-state index contributed by atoms with van der Waals surface area (Å²) in [7, 11) is 0. The second-order valence-corrected chi connectivity index (χ2v) is 5.66. The number of nitrogen functional groups attached to an aromatic ring is 1. The summed E-state index contributed by atoms with van der Waals surface area (Å²) in [5, 5.41) is 9.91. The lowest BCUT2D eigenvalue weighted by atomic mass is 9.94. The van der Waals surface area contributed by atoms with Crippen molar-refractivity contribution in [1.82, 2.24) is 4.98 Å². The molecule has 0 aliphatic carbocycles. The maximum Gasteiger partial charge on any atom is 0.150 e.